The monoisotopic (exact) mass is 352 g/mol. The Balaban J connectivity index is 1.90. The molecule has 0 unspecified atom stereocenters. The lowest BCUT2D eigenvalue weighted by Crippen LogP contribution is -2.45. The van der Waals surface area contributed by atoms with Gasteiger partial charge in [-0.15, -0.1) is 0 Å². The molecule has 1 aliphatic carbocycles. The highest BCUT2D eigenvalue weighted by Gasteiger charge is 2.50. The number of alkyl carbamates (subject to hydrolysis) is 1. The topological polar surface area (TPSA) is 119 Å². The normalized spacial score (nSPS) is 23.0. The van der Waals surface area contributed by atoms with E-state index in [-0.39, 0.29) is 6.61 Å². The van der Waals surface area contributed by atoms with Crippen LogP contribution in [0.1, 0.15) is 26.7 Å². The van der Waals surface area contributed by atoms with E-state index in [0.29, 0.717) is 12.8 Å². The quantitative estimate of drug-likeness (QED) is 0.425. The van der Waals surface area contributed by atoms with E-state index in [4.69, 9.17) is 4.74 Å². The summed E-state index contributed by atoms with van der Waals surface area (Å²) in [6.45, 7) is 2.31. The molecule has 9 nitrogen and oxygen atoms in total. The van der Waals surface area contributed by atoms with Gasteiger partial charge in [-0.2, -0.15) is 0 Å². The first kappa shape index (κ1) is 18.6. The zero-order valence-electron chi connectivity index (χ0n) is 14.0. The van der Waals surface area contributed by atoms with Crippen molar-refractivity contribution in [2.24, 2.45) is 11.8 Å². The number of ether oxygens (including phenoxy) is 2. The van der Waals surface area contributed by atoms with Crippen molar-refractivity contribution in [1.29, 1.82) is 0 Å². The van der Waals surface area contributed by atoms with Crippen LogP contribution in [0.2, 0.25) is 0 Å². The minimum atomic E-state index is -1.14. The van der Waals surface area contributed by atoms with Crippen LogP contribution >= 0.6 is 0 Å². The summed E-state index contributed by atoms with van der Waals surface area (Å²) in [5.74, 6) is -3.46. The summed E-state index contributed by atoms with van der Waals surface area (Å²) in [5, 5.41) is 1.87. The number of amides is 4. The smallest absolute Gasteiger partial charge is 0.413 e. The van der Waals surface area contributed by atoms with Crippen LogP contribution in [0.25, 0.3) is 0 Å². The molecule has 25 heavy (non-hydrogen) atoms. The van der Waals surface area contributed by atoms with Gasteiger partial charge in [0.05, 0.1) is 18.4 Å². The summed E-state index contributed by atoms with van der Waals surface area (Å²) in [7, 11) is 0. The largest absolute Gasteiger partial charge is 0.454 e. The lowest BCUT2D eigenvalue weighted by Gasteiger charge is -2.21. The Morgan fingerprint density at radius 2 is 1.72 bits per heavy atom. The predicted molar refractivity (Wildman–Crippen MR) is 82.8 cm³/mol. The molecule has 1 aliphatic heterocycles. The molecular formula is C16H20N2O7. The molecule has 1 N–H and O–H groups in total. The highest BCUT2D eigenvalue weighted by Crippen LogP contribution is 2.36. The fraction of sp³-hybridized carbons (Fsp3) is 0.562. The number of esters is 1. The third-order valence-electron chi connectivity index (χ3n) is 4.13. The van der Waals surface area contributed by atoms with E-state index in [0.717, 1.165) is 4.90 Å². The van der Waals surface area contributed by atoms with Gasteiger partial charge >= 0.3 is 12.1 Å². The molecular weight excluding hydrogens is 332 g/mol. The molecule has 9 heteroatoms. The SMILES string of the molecule is CCOC(=O)NC(=O)COC(=O)[C@H](C)N1C(=O)[C@H]2CC=CC[C@@H]2C1=O. The number of hydrogen-bond donors (Lipinski definition) is 1. The second-order valence-electron chi connectivity index (χ2n) is 5.75. The number of nitrogens with zero attached hydrogens (tertiary/aromatic N) is 1. The van der Waals surface area contributed by atoms with Gasteiger partial charge in [0.15, 0.2) is 6.61 Å². The van der Waals surface area contributed by atoms with Crippen LogP contribution in [0.3, 0.4) is 0 Å². The van der Waals surface area contributed by atoms with Crippen molar-refractivity contribution in [3.05, 3.63) is 12.2 Å². The molecule has 1 saturated heterocycles. The Morgan fingerprint density at radius 1 is 1.16 bits per heavy atom. The number of hydrogen-bond acceptors (Lipinski definition) is 7. The summed E-state index contributed by atoms with van der Waals surface area (Å²) in [6.07, 6.45) is 3.68. The van der Waals surface area contributed by atoms with E-state index in [2.05, 4.69) is 4.74 Å². The lowest BCUT2D eigenvalue weighted by atomic mass is 9.85. The van der Waals surface area contributed by atoms with Crippen molar-refractivity contribution >= 4 is 29.8 Å². The summed E-state index contributed by atoms with van der Waals surface area (Å²) in [6, 6.07) is -1.14. The molecule has 3 atom stereocenters. The maximum atomic E-state index is 12.4. The molecule has 136 valence electrons. The van der Waals surface area contributed by atoms with Crippen molar-refractivity contribution in [3.63, 3.8) is 0 Å². The number of nitrogens with one attached hydrogen (secondary N) is 1. The van der Waals surface area contributed by atoms with Crippen LogP contribution in [0.4, 0.5) is 4.79 Å². The minimum absolute atomic E-state index is 0.0896. The van der Waals surface area contributed by atoms with E-state index in [1.54, 1.807) is 6.92 Å². The summed E-state index contributed by atoms with van der Waals surface area (Å²) in [5.41, 5.74) is 0. The Bertz CT molecular complexity index is 602. The van der Waals surface area contributed by atoms with Gasteiger partial charge < -0.3 is 9.47 Å². The van der Waals surface area contributed by atoms with E-state index in [1.165, 1.54) is 6.92 Å². The van der Waals surface area contributed by atoms with Gasteiger partial charge in [-0.05, 0) is 26.7 Å². The van der Waals surface area contributed by atoms with Crippen LogP contribution < -0.4 is 5.32 Å². The highest BCUT2D eigenvalue weighted by molar-refractivity contribution is 6.08. The van der Waals surface area contributed by atoms with Gasteiger partial charge in [-0.1, -0.05) is 12.2 Å². The van der Waals surface area contributed by atoms with Crippen molar-refractivity contribution in [2.75, 3.05) is 13.2 Å². The fourth-order valence-electron chi connectivity index (χ4n) is 2.89. The molecule has 1 heterocycles. The Labute approximate surface area is 144 Å². The molecule has 0 aromatic heterocycles. The van der Waals surface area contributed by atoms with E-state index in [1.807, 2.05) is 17.5 Å². The summed E-state index contributed by atoms with van der Waals surface area (Å²) < 4.78 is 9.30. The average molecular weight is 352 g/mol. The number of rotatable bonds is 5. The molecule has 0 aromatic carbocycles. The lowest BCUT2D eigenvalue weighted by molar-refractivity contribution is -0.159. The maximum Gasteiger partial charge on any atom is 0.413 e. The maximum absolute atomic E-state index is 12.4. The van der Waals surface area contributed by atoms with Gasteiger partial charge in [0.1, 0.15) is 6.04 Å². The van der Waals surface area contributed by atoms with Gasteiger partial charge in [0.25, 0.3) is 5.91 Å². The number of carbonyl (C=O) groups is 5. The van der Waals surface area contributed by atoms with E-state index >= 15 is 0 Å². The number of imide groups is 2. The second-order valence-corrected chi connectivity index (χ2v) is 5.75. The van der Waals surface area contributed by atoms with Gasteiger partial charge in [0.2, 0.25) is 11.8 Å². The van der Waals surface area contributed by atoms with Crippen LogP contribution in [0, 0.1) is 11.8 Å². The number of allylic oxidation sites excluding steroid dienone is 2. The molecule has 4 amide bonds. The van der Waals surface area contributed by atoms with E-state index in [9.17, 15) is 24.0 Å². The van der Waals surface area contributed by atoms with Crippen molar-refractivity contribution in [2.45, 2.75) is 32.7 Å². The summed E-state index contributed by atoms with van der Waals surface area (Å²) in [4.78, 5) is 60.3. The highest BCUT2D eigenvalue weighted by atomic mass is 16.6. The predicted octanol–water partition coefficient (Wildman–Crippen LogP) is 0.142. The Morgan fingerprint density at radius 3 is 2.24 bits per heavy atom. The molecule has 0 bridgehead atoms. The number of likely N-dealkylation sites (tertiary alicyclic amines) is 1. The van der Waals surface area contributed by atoms with Crippen molar-refractivity contribution in [1.82, 2.24) is 10.2 Å². The first-order valence-electron chi connectivity index (χ1n) is 8.02. The van der Waals surface area contributed by atoms with E-state index < -0.39 is 54.3 Å². The zero-order valence-corrected chi connectivity index (χ0v) is 14.0. The number of carbonyl (C=O) groups excluding carboxylic acids is 5. The van der Waals surface area contributed by atoms with Crippen LogP contribution in [0.15, 0.2) is 12.2 Å². The third kappa shape index (κ3) is 4.04. The third-order valence-corrected chi connectivity index (χ3v) is 4.13. The fourth-order valence-corrected chi connectivity index (χ4v) is 2.89. The molecule has 0 spiro atoms. The van der Waals surface area contributed by atoms with Crippen LogP contribution in [0.5, 0.6) is 0 Å². The van der Waals surface area contributed by atoms with Gasteiger partial charge in [-0.25, -0.2) is 9.59 Å². The first-order valence-corrected chi connectivity index (χ1v) is 8.02. The second kappa shape index (κ2) is 7.91. The molecule has 0 radical (unpaired) electrons. The molecule has 2 rings (SSSR count). The van der Waals surface area contributed by atoms with Gasteiger partial charge in [0, 0.05) is 0 Å². The van der Waals surface area contributed by atoms with Crippen molar-refractivity contribution < 1.29 is 33.4 Å². The van der Waals surface area contributed by atoms with Gasteiger partial charge in [-0.3, -0.25) is 24.6 Å². The minimum Gasteiger partial charge on any atom is -0.454 e. The Kier molecular flexibility index (Phi) is 5.89. The van der Waals surface area contributed by atoms with Crippen molar-refractivity contribution in [3.8, 4) is 0 Å². The molecule has 0 saturated carbocycles. The zero-order chi connectivity index (χ0) is 18.6. The average Bonchev–Trinajstić information content (AvgIpc) is 2.84. The Hall–Kier alpha value is -2.71. The number of fused-ring (bicyclic) bond motifs is 1. The molecule has 1 fully saturated rings. The molecule has 0 aromatic rings. The molecule has 2 aliphatic rings. The standard InChI is InChI=1S/C16H20N2O7/c1-3-24-16(23)17-12(19)8-25-15(22)9(2)18-13(20)10-6-4-5-7-11(10)14(18)21/h4-5,9-11H,3,6-8H2,1-2H3,(H,17,19,23)/t9-,10-,11-/m0/s1. The summed E-state index contributed by atoms with van der Waals surface area (Å²) >= 11 is 0. The first-order chi connectivity index (χ1) is 11.9. The van der Waals surface area contributed by atoms with Crippen LogP contribution in [-0.4, -0.2) is 53.9 Å². The van der Waals surface area contributed by atoms with Crippen LogP contribution in [-0.2, 0) is 28.7 Å².